The average molecular weight is 282 g/mol. The third-order valence-corrected chi connectivity index (χ3v) is 3.58. The highest BCUT2D eigenvalue weighted by atomic mass is 35.5. The molecule has 1 atom stereocenters. The van der Waals surface area contributed by atoms with Crippen molar-refractivity contribution in [1.29, 1.82) is 0 Å². The van der Waals surface area contributed by atoms with Crippen molar-refractivity contribution in [2.45, 2.75) is 19.9 Å². The number of nitrogens with two attached hydrogens (primary N) is 1. The van der Waals surface area contributed by atoms with Crippen LogP contribution < -0.4 is 5.73 Å². The van der Waals surface area contributed by atoms with Gasteiger partial charge in [0.15, 0.2) is 0 Å². The van der Waals surface area contributed by atoms with Gasteiger partial charge < -0.3 is 5.73 Å². The zero-order valence-electron chi connectivity index (χ0n) is 10.7. The second kappa shape index (κ2) is 5.27. The molecule has 0 saturated carbocycles. The Kier molecular flexibility index (Phi) is 3.88. The van der Waals surface area contributed by atoms with Crippen molar-refractivity contribution >= 4 is 11.6 Å². The van der Waals surface area contributed by atoms with Gasteiger partial charge >= 0.3 is 0 Å². The van der Waals surface area contributed by atoms with E-state index in [0.717, 1.165) is 17.7 Å². The van der Waals surface area contributed by atoms with E-state index in [2.05, 4.69) is 0 Å². The second-order valence-electron chi connectivity index (χ2n) is 4.61. The minimum atomic E-state index is -0.742. The van der Waals surface area contributed by atoms with E-state index < -0.39 is 17.7 Å². The molecule has 0 aliphatic carbocycles. The highest BCUT2D eigenvalue weighted by Gasteiger charge is 2.16. The van der Waals surface area contributed by atoms with Gasteiger partial charge in [0.2, 0.25) is 0 Å². The number of rotatable bonds is 2. The normalized spacial score (nSPS) is 12.5. The SMILES string of the molecule is Cc1cc(F)c(C(N)c2ccc(C)c(Cl)c2)cc1F. The van der Waals surface area contributed by atoms with E-state index in [1.807, 2.05) is 6.92 Å². The number of hydrogen-bond donors (Lipinski definition) is 1. The molecule has 0 fully saturated rings. The van der Waals surface area contributed by atoms with Crippen LogP contribution in [-0.2, 0) is 0 Å². The van der Waals surface area contributed by atoms with Crippen molar-refractivity contribution in [2.24, 2.45) is 5.73 Å². The molecule has 0 heterocycles. The Morgan fingerprint density at radius 2 is 1.68 bits per heavy atom. The minimum Gasteiger partial charge on any atom is -0.320 e. The molecule has 0 aliphatic rings. The number of aryl methyl sites for hydroxylation is 2. The number of halogens is 3. The van der Waals surface area contributed by atoms with E-state index in [0.29, 0.717) is 10.6 Å². The summed E-state index contributed by atoms with van der Waals surface area (Å²) in [6, 6.07) is 6.80. The molecule has 2 N–H and O–H groups in total. The number of benzene rings is 2. The summed E-state index contributed by atoms with van der Waals surface area (Å²) >= 11 is 6.02. The van der Waals surface area contributed by atoms with E-state index >= 15 is 0 Å². The van der Waals surface area contributed by atoms with Crippen LogP contribution in [0.3, 0.4) is 0 Å². The van der Waals surface area contributed by atoms with Gasteiger partial charge in [-0.1, -0.05) is 23.7 Å². The third kappa shape index (κ3) is 2.77. The molecule has 1 unspecified atom stereocenters. The maximum Gasteiger partial charge on any atom is 0.128 e. The van der Waals surface area contributed by atoms with Crippen molar-refractivity contribution in [3.05, 3.63) is 69.2 Å². The number of hydrogen-bond acceptors (Lipinski definition) is 1. The van der Waals surface area contributed by atoms with E-state index in [1.54, 1.807) is 18.2 Å². The first-order chi connectivity index (χ1) is 8.90. The van der Waals surface area contributed by atoms with Crippen LogP contribution in [0.25, 0.3) is 0 Å². The van der Waals surface area contributed by atoms with Gasteiger partial charge in [-0.2, -0.15) is 0 Å². The fourth-order valence-corrected chi connectivity index (χ4v) is 2.07. The van der Waals surface area contributed by atoms with Gasteiger partial charge in [-0.15, -0.1) is 0 Å². The molecule has 2 rings (SSSR count). The highest BCUT2D eigenvalue weighted by molar-refractivity contribution is 6.31. The molecule has 100 valence electrons. The molecule has 2 aromatic rings. The topological polar surface area (TPSA) is 26.0 Å². The Bertz CT molecular complexity index is 626. The second-order valence-corrected chi connectivity index (χ2v) is 5.02. The maximum absolute atomic E-state index is 13.9. The quantitative estimate of drug-likeness (QED) is 0.873. The summed E-state index contributed by atoms with van der Waals surface area (Å²) in [7, 11) is 0. The van der Waals surface area contributed by atoms with Crippen LogP contribution in [0.5, 0.6) is 0 Å². The summed E-state index contributed by atoms with van der Waals surface area (Å²) in [4.78, 5) is 0. The lowest BCUT2D eigenvalue weighted by molar-refractivity contribution is 0.570. The molecular weight excluding hydrogens is 268 g/mol. The van der Waals surface area contributed by atoms with Gasteiger partial charge in [-0.3, -0.25) is 0 Å². The van der Waals surface area contributed by atoms with E-state index in [4.69, 9.17) is 17.3 Å². The fraction of sp³-hybridized carbons (Fsp3) is 0.200. The summed E-state index contributed by atoms with van der Waals surface area (Å²) in [5.74, 6) is -0.979. The van der Waals surface area contributed by atoms with Gasteiger partial charge in [0.25, 0.3) is 0 Å². The predicted molar refractivity (Wildman–Crippen MR) is 73.3 cm³/mol. The zero-order valence-corrected chi connectivity index (χ0v) is 11.4. The predicted octanol–water partition coefficient (Wildman–Crippen LogP) is 4.28. The van der Waals surface area contributed by atoms with Crippen LogP contribution >= 0.6 is 11.6 Å². The van der Waals surface area contributed by atoms with Crippen LogP contribution in [0.1, 0.15) is 28.3 Å². The molecule has 4 heteroatoms. The van der Waals surface area contributed by atoms with Crippen LogP contribution in [0.2, 0.25) is 5.02 Å². The maximum atomic E-state index is 13.9. The molecule has 0 radical (unpaired) electrons. The molecule has 0 saturated heterocycles. The smallest absolute Gasteiger partial charge is 0.128 e. The molecule has 0 spiro atoms. The Morgan fingerprint density at radius 1 is 1.00 bits per heavy atom. The fourth-order valence-electron chi connectivity index (χ4n) is 1.88. The minimum absolute atomic E-state index is 0.128. The van der Waals surface area contributed by atoms with Gasteiger partial charge in [-0.05, 0) is 48.7 Å². The Balaban J connectivity index is 2.46. The summed E-state index contributed by atoms with van der Waals surface area (Å²) < 4.78 is 27.4. The molecule has 0 amide bonds. The molecule has 0 aliphatic heterocycles. The first kappa shape index (κ1) is 14.0. The van der Waals surface area contributed by atoms with Gasteiger partial charge in [0.1, 0.15) is 11.6 Å². The Hall–Kier alpha value is -1.45. The van der Waals surface area contributed by atoms with E-state index in [1.165, 1.54) is 6.92 Å². The first-order valence-corrected chi connectivity index (χ1v) is 6.25. The lowest BCUT2D eigenvalue weighted by Gasteiger charge is -2.15. The van der Waals surface area contributed by atoms with Crippen LogP contribution in [-0.4, -0.2) is 0 Å². The molecule has 2 aromatic carbocycles. The zero-order chi connectivity index (χ0) is 14.2. The highest BCUT2D eigenvalue weighted by Crippen LogP contribution is 2.27. The third-order valence-electron chi connectivity index (χ3n) is 3.17. The molecular formula is C15H14ClF2N. The van der Waals surface area contributed by atoms with Crippen LogP contribution in [0, 0.1) is 25.5 Å². The summed E-state index contributed by atoms with van der Waals surface area (Å²) in [6.07, 6.45) is 0. The Morgan fingerprint density at radius 3 is 2.32 bits per heavy atom. The largest absolute Gasteiger partial charge is 0.320 e. The van der Waals surface area contributed by atoms with Gasteiger partial charge in [0, 0.05) is 10.6 Å². The van der Waals surface area contributed by atoms with Gasteiger partial charge in [-0.25, -0.2) is 8.78 Å². The summed E-state index contributed by atoms with van der Waals surface area (Å²) in [5, 5.41) is 0.556. The standard InChI is InChI=1S/C15H14ClF2N/c1-8-3-4-10(6-12(8)16)15(19)11-7-13(17)9(2)5-14(11)18/h3-7,15H,19H2,1-2H3. The van der Waals surface area contributed by atoms with E-state index in [-0.39, 0.29) is 11.1 Å². The van der Waals surface area contributed by atoms with Crippen molar-refractivity contribution in [3.8, 4) is 0 Å². The first-order valence-electron chi connectivity index (χ1n) is 5.87. The average Bonchev–Trinajstić information content (AvgIpc) is 2.36. The lowest BCUT2D eigenvalue weighted by atomic mass is 9.97. The van der Waals surface area contributed by atoms with Crippen LogP contribution in [0.4, 0.5) is 8.78 Å². The van der Waals surface area contributed by atoms with Crippen molar-refractivity contribution in [1.82, 2.24) is 0 Å². The van der Waals surface area contributed by atoms with Crippen LogP contribution in [0.15, 0.2) is 30.3 Å². The van der Waals surface area contributed by atoms with Crippen molar-refractivity contribution in [3.63, 3.8) is 0 Å². The van der Waals surface area contributed by atoms with Crippen molar-refractivity contribution in [2.75, 3.05) is 0 Å². The van der Waals surface area contributed by atoms with Crippen molar-refractivity contribution < 1.29 is 8.78 Å². The molecule has 1 nitrogen and oxygen atoms in total. The Labute approximate surface area is 116 Å². The van der Waals surface area contributed by atoms with Gasteiger partial charge in [0.05, 0.1) is 6.04 Å². The molecule has 19 heavy (non-hydrogen) atoms. The van der Waals surface area contributed by atoms with E-state index in [9.17, 15) is 8.78 Å². The molecule has 0 aromatic heterocycles. The summed E-state index contributed by atoms with van der Waals surface area (Å²) in [6.45, 7) is 3.38. The lowest BCUT2D eigenvalue weighted by Crippen LogP contribution is -2.14. The monoisotopic (exact) mass is 281 g/mol. The molecule has 0 bridgehead atoms. The summed E-state index contributed by atoms with van der Waals surface area (Å²) in [5.41, 5.74) is 7.94.